The van der Waals surface area contributed by atoms with E-state index in [1.54, 1.807) is 6.92 Å². The Hall–Kier alpha value is -2.51. The van der Waals surface area contributed by atoms with Crippen LogP contribution in [-0.2, 0) is 11.3 Å². The Balaban J connectivity index is 1.77. The monoisotopic (exact) mass is 412 g/mol. The molecular formula is C22H28N4O2S. The zero-order valence-corrected chi connectivity index (χ0v) is 18.7. The van der Waals surface area contributed by atoms with Gasteiger partial charge in [-0.15, -0.1) is 11.3 Å². The molecule has 0 aliphatic carbocycles. The highest BCUT2D eigenvalue weighted by Gasteiger charge is 2.18. The number of thiophene rings is 1. The van der Waals surface area contributed by atoms with E-state index in [4.69, 9.17) is 0 Å². The van der Waals surface area contributed by atoms with Crippen molar-refractivity contribution in [1.82, 2.24) is 19.8 Å². The lowest BCUT2D eigenvalue weighted by Gasteiger charge is -2.25. The zero-order valence-electron chi connectivity index (χ0n) is 17.9. The van der Waals surface area contributed by atoms with E-state index in [-0.39, 0.29) is 24.1 Å². The van der Waals surface area contributed by atoms with Crippen molar-refractivity contribution in [2.45, 2.75) is 40.3 Å². The summed E-state index contributed by atoms with van der Waals surface area (Å²) in [6, 6.07) is 8.37. The molecule has 1 atom stereocenters. The Morgan fingerprint density at radius 1 is 1.17 bits per heavy atom. The van der Waals surface area contributed by atoms with E-state index >= 15 is 0 Å². The highest BCUT2D eigenvalue weighted by molar-refractivity contribution is 7.18. The van der Waals surface area contributed by atoms with Crippen LogP contribution in [0.4, 0.5) is 0 Å². The summed E-state index contributed by atoms with van der Waals surface area (Å²) in [5.41, 5.74) is 3.14. The molecule has 1 aromatic carbocycles. The molecule has 0 fully saturated rings. The van der Waals surface area contributed by atoms with Crippen LogP contribution >= 0.6 is 11.3 Å². The first-order chi connectivity index (χ1) is 13.7. The van der Waals surface area contributed by atoms with Crippen molar-refractivity contribution in [3.63, 3.8) is 0 Å². The first-order valence-electron chi connectivity index (χ1n) is 9.66. The molecule has 0 spiro atoms. The average Bonchev–Trinajstić information content (AvgIpc) is 2.93. The van der Waals surface area contributed by atoms with E-state index in [0.29, 0.717) is 17.8 Å². The maximum Gasteiger partial charge on any atom is 0.263 e. The quantitative estimate of drug-likeness (QED) is 0.676. The molecular weight excluding hydrogens is 384 g/mol. The molecule has 0 unspecified atom stereocenters. The van der Waals surface area contributed by atoms with Gasteiger partial charge in [0.25, 0.3) is 5.56 Å². The van der Waals surface area contributed by atoms with Gasteiger partial charge in [0, 0.05) is 11.4 Å². The van der Waals surface area contributed by atoms with E-state index in [0.717, 1.165) is 20.8 Å². The number of fused-ring (bicyclic) bond motifs is 1. The molecule has 6 nitrogen and oxygen atoms in total. The molecule has 3 rings (SSSR count). The second kappa shape index (κ2) is 8.47. The number of hydrogen-bond acceptors (Lipinski definition) is 5. The molecule has 0 aliphatic heterocycles. The summed E-state index contributed by atoms with van der Waals surface area (Å²) in [4.78, 5) is 34.0. The molecule has 0 aliphatic rings. The third-order valence-corrected chi connectivity index (χ3v) is 6.46. The first-order valence-corrected chi connectivity index (χ1v) is 10.5. The van der Waals surface area contributed by atoms with Crippen molar-refractivity contribution < 1.29 is 4.79 Å². The van der Waals surface area contributed by atoms with Crippen molar-refractivity contribution in [3.8, 4) is 0 Å². The van der Waals surface area contributed by atoms with Gasteiger partial charge < -0.3 is 10.2 Å². The molecule has 0 bridgehead atoms. The molecule has 1 N–H and O–H groups in total. The number of carbonyl (C=O) groups excluding carboxylic acids is 1. The highest BCUT2D eigenvalue weighted by atomic mass is 32.1. The Labute approximate surface area is 175 Å². The lowest BCUT2D eigenvalue weighted by Crippen LogP contribution is -2.38. The summed E-state index contributed by atoms with van der Waals surface area (Å²) in [6.07, 6.45) is 0. The summed E-state index contributed by atoms with van der Waals surface area (Å²) >= 11 is 1.52. The number of nitrogens with one attached hydrogen (secondary N) is 1. The molecule has 0 saturated carbocycles. The van der Waals surface area contributed by atoms with Crippen molar-refractivity contribution >= 4 is 27.5 Å². The second-order valence-corrected chi connectivity index (χ2v) is 8.91. The van der Waals surface area contributed by atoms with Gasteiger partial charge in [-0.2, -0.15) is 0 Å². The van der Waals surface area contributed by atoms with E-state index in [9.17, 15) is 9.59 Å². The van der Waals surface area contributed by atoms with Crippen molar-refractivity contribution in [1.29, 1.82) is 0 Å². The summed E-state index contributed by atoms with van der Waals surface area (Å²) in [5, 5.41) is 3.60. The molecule has 29 heavy (non-hydrogen) atoms. The Bertz CT molecular complexity index is 1100. The Morgan fingerprint density at radius 2 is 1.83 bits per heavy atom. The van der Waals surface area contributed by atoms with E-state index in [1.165, 1.54) is 21.5 Å². The number of hydrogen-bond donors (Lipinski definition) is 1. The van der Waals surface area contributed by atoms with Crippen LogP contribution in [0.1, 0.15) is 33.4 Å². The van der Waals surface area contributed by atoms with Gasteiger partial charge in [0.05, 0.1) is 11.4 Å². The third-order valence-electron chi connectivity index (χ3n) is 5.36. The van der Waals surface area contributed by atoms with Crippen molar-refractivity contribution in [3.05, 3.63) is 62.0 Å². The van der Waals surface area contributed by atoms with E-state index < -0.39 is 0 Å². The molecule has 154 valence electrons. The predicted octanol–water partition coefficient (Wildman–Crippen LogP) is 3.11. The first kappa shape index (κ1) is 21.2. The molecule has 0 radical (unpaired) electrons. The van der Waals surface area contributed by atoms with Crippen LogP contribution in [0.15, 0.2) is 29.1 Å². The normalized spacial score (nSPS) is 12.5. The minimum atomic E-state index is -0.195. The van der Waals surface area contributed by atoms with Gasteiger partial charge in [-0.05, 0) is 52.9 Å². The van der Waals surface area contributed by atoms with Gasteiger partial charge in [-0.1, -0.05) is 29.8 Å². The van der Waals surface area contributed by atoms with Gasteiger partial charge in [0.15, 0.2) is 0 Å². The fraction of sp³-hybridized carbons (Fsp3) is 0.409. The fourth-order valence-corrected chi connectivity index (χ4v) is 4.48. The van der Waals surface area contributed by atoms with Crippen LogP contribution in [0.3, 0.4) is 0 Å². The Kier molecular flexibility index (Phi) is 6.19. The summed E-state index contributed by atoms with van der Waals surface area (Å²) < 4.78 is 1.47. The van der Waals surface area contributed by atoms with Gasteiger partial charge in [-0.25, -0.2) is 4.98 Å². The number of carbonyl (C=O) groups is 1. The van der Waals surface area contributed by atoms with Crippen LogP contribution < -0.4 is 10.9 Å². The fourth-order valence-electron chi connectivity index (χ4n) is 3.41. The van der Waals surface area contributed by atoms with Crippen molar-refractivity contribution in [2.75, 3.05) is 20.6 Å². The number of amides is 1. The van der Waals surface area contributed by atoms with Gasteiger partial charge >= 0.3 is 0 Å². The van der Waals surface area contributed by atoms with Crippen LogP contribution in [0.5, 0.6) is 0 Å². The molecule has 3 aromatic rings. The maximum absolute atomic E-state index is 13.0. The number of aromatic nitrogens is 2. The number of rotatable bonds is 6. The molecule has 0 saturated heterocycles. The number of nitrogens with zero attached hydrogens (tertiary/aromatic N) is 3. The van der Waals surface area contributed by atoms with Crippen LogP contribution in [0, 0.1) is 27.7 Å². The van der Waals surface area contributed by atoms with Crippen molar-refractivity contribution in [2.24, 2.45) is 0 Å². The number of aryl methyl sites for hydroxylation is 4. The number of likely N-dealkylation sites (N-methyl/N-ethyl adjacent to an activating group) is 1. The lowest BCUT2D eigenvalue weighted by molar-refractivity contribution is -0.122. The maximum atomic E-state index is 13.0. The topological polar surface area (TPSA) is 67.2 Å². The van der Waals surface area contributed by atoms with Gasteiger partial charge in [0.1, 0.15) is 17.2 Å². The van der Waals surface area contributed by atoms with Crippen LogP contribution in [0.2, 0.25) is 0 Å². The zero-order chi connectivity index (χ0) is 21.3. The molecule has 1 amide bonds. The minimum Gasteiger partial charge on any atom is -0.353 e. The SMILES string of the molecule is Cc1ccc([C@H](CNC(=O)Cn2c(C)nc3sc(C)c(C)c3c2=O)N(C)C)cc1. The minimum absolute atomic E-state index is 0.0318. The molecule has 2 heterocycles. The summed E-state index contributed by atoms with van der Waals surface area (Å²) in [7, 11) is 3.98. The molecule has 2 aromatic heterocycles. The Morgan fingerprint density at radius 3 is 2.45 bits per heavy atom. The van der Waals surface area contributed by atoms with Crippen LogP contribution in [0.25, 0.3) is 10.2 Å². The largest absolute Gasteiger partial charge is 0.353 e. The van der Waals surface area contributed by atoms with Crippen LogP contribution in [-0.4, -0.2) is 41.0 Å². The number of benzene rings is 1. The van der Waals surface area contributed by atoms with Gasteiger partial charge in [0.2, 0.25) is 5.91 Å². The third kappa shape index (κ3) is 4.41. The highest BCUT2D eigenvalue weighted by Crippen LogP contribution is 2.26. The average molecular weight is 413 g/mol. The summed E-state index contributed by atoms with van der Waals surface area (Å²) in [6.45, 7) is 8.18. The summed E-state index contributed by atoms with van der Waals surface area (Å²) in [5.74, 6) is 0.363. The smallest absolute Gasteiger partial charge is 0.263 e. The predicted molar refractivity (Wildman–Crippen MR) is 119 cm³/mol. The van der Waals surface area contributed by atoms with Gasteiger partial charge in [-0.3, -0.25) is 14.2 Å². The van der Waals surface area contributed by atoms with E-state index in [2.05, 4.69) is 46.4 Å². The van der Waals surface area contributed by atoms with E-state index in [1.807, 2.05) is 27.9 Å². The standard InChI is InChI=1S/C22H28N4O2S/c1-13-7-9-17(10-8-13)18(25(5)6)11-23-19(27)12-26-16(4)24-21-20(22(26)28)14(2)15(3)29-21/h7-10,18H,11-12H2,1-6H3,(H,23,27)/t18-/m0/s1. The molecule has 7 heteroatoms. The second-order valence-electron chi connectivity index (χ2n) is 7.71. The lowest BCUT2D eigenvalue weighted by atomic mass is 10.0.